The van der Waals surface area contributed by atoms with E-state index in [1.807, 2.05) is 4.90 Å². The molecule has 9 heteroatoms. The van der Waals surface area contributed by atoms with Crippen LogP contribution < -0.4 is 9.47 Å². The summed E-state index contributed by atoms with van der Waals surface area (Å²) in [4.78, 5) is 32.6. The monoisotopic (exact) mass is 456 g/mol. The number of benzene rings is 1. The Hall–Kier alpha value is -3.07. The normalized spacial score (nSPS) is 19.4. The number of hydrogen-bond donors (Lipinski definition) is 0. The number of aromatic nitrogens is 1. The second kappa shape index (κ2) is 10.2. The molecule has 9 nitrogen and oxygen atoms in total. The van der Waals surface area contributed by atoms with Crippen LogP contribution in [0.3, 0.4) is 0 Å². The van der Waals surface area contributed by atoms with Crippen LogP contribution in [0.5, 0.6) is 11.5 Å². The van der Waals surface area contributed by atoms with Crippen molar-refractivity contribution in [2.24, 2.45) is 0 Å². The molecule has 0 N–H and O–H groups in total. The zero-order valence-corrected chi connectivity index (χ0v) is 19.6. The zero-order chi connectivity index (χ0) is 23.4. The molecule has 0 saturated carbocycles. The number of nitrogens with zero attached hydrogens (tertiary/aromatic N) is 4. The predicted molar refractivity (Wildman–Crippen MR) is 122 cm³/mol. The highest BCUT2D eigenvalue weighted by Crippen LogP contribution is 2.34. The molecule has 2 saturated heterocycles. The van der Waals surface area contributed by atoms with Crippen molar-refractivity contribution in [2.75, 3.05) is 53.5 Å². The molecule has 2 amide bonds. The van der Waals surface area contributed by atoms with Crippen LogP contribution in [-0.4, -0.2) is 91.2 Å². The third-order valence-electron chi connectivity index (χ3n) is 6.58. The fourth-order valence-electron chi connectivity index (χ4n) is 4.58. The van der Waals surface area contributed by atoms with Crippen molar-refractivity contribution in [3.8, 4) is 22.8 Å². The zero-order valence-electron chi connectivity index (χ0n) is 19.6. The number of methoxy groups -OCH3 is 2. The van der Waals surface area contributed by atoms with E-state index in [1.54, 1.807) is 43.4 Å². The minimum Gasteiger partial charge on any atom is -0.497 e. The van der Waals surface area contributed by atoms with Gasteiger partial charge in [-0.3, -0.25) is 9.59 Å². The van der Waals surface area contributed by atoms with Crippen LogP contribution in [0, 0.1) is 0 Å². The number of carbonyl (C=O) groups excluding carboxylic acids is 2. The van der Waals surface area contributed by atoms with Gasteiger partial charge in [0.05, 0.1) is 19.8 Å². The van der Waals surface area contributed by atoms with Crippen LogP contribution in [0.4, 0.5) is 0 Å². The van der Waals surface area contributed by atoms with Crippen molar-refractivity contribution >= 4 is 11.8 Å². The largest absolute Gasteiger partial charge is 0.497 e. The fourth-order valence-corrected chi connectivity index (χ4v) is 4.58. The number of ether oxygens (including phenoxy) is 2. The third kappa shape index (κ3) is 4.83. The van der Waals surface area contributed by atoms with Gasteiger partial charge in [0.1, 0.15) is 17.5 Å². The van der Waals surface area contributed by atoms with E-state index in [-0.39, 0.29) is 17.5 Å². The third-order valence-corrected chi connectivity index (χ3v) is 6.58. The summed E-state index contributed by atoms with van der Waals surface area (Å²) in [7, 11) is 3.15. The van der Waals surface area contributed by atoms with Crippen molar-refractivity contribution in [3.63, 3.8) is 0 Å². The van der Waals surface area contributed by atoms with Gasteiger partial charge in [-0.1, -0.05) is 12.1 Å². The van der Waals surface area contributed by atoms with Crippen molar-refractivity contribution in [1.82, 2.24) is 19.9 Å². The molecule has 2 aliphatic heterocycles. The van der Waals surface area contributed by atoms with E-state index in [2.05, 4.69) is 17.0 Å². The van der Waals surface area contributed by atoms with Gasteiger partial charge in [0.25, 0.3) is 5.91 Å². The van der Waals surface area contributed by atoms with Gasteiger partial charge in [0, 0.05) is 38.8 Å². The summed E-state index contributed by atoms with van der Waals surface area (Å²) in [5, 5.41) is 4.03. The number of hydrogen-bond acceptors (Lipinski definition) is 7. The van der Waals surface area contributed by atoms with Crippen LogP contribution in [0.2, 0.25) is 0 Å². The van der Waals surface area contributed by atoms with Crippen molar-refractivity contribution in [1.29, 1.82) is 0 Å². The lowest BCUT2D eigenvalue weighted by Crippen LogP contribution is -2.57. The number of likely N-dealkylation sites (tertiary alicyclic amines) is 1. The first-order valence-electron chi connectivity index (χ1n) is 11.6. The smallest absolute Gasteiger partial charge is 0.276 e. The summed E-state index contributed by atoms with van der Waals surface area (Å²) in [6.07, 6.45) is 2.47. The number of rotatable bonds is 6. The van der Waals surface area contributed by atoms with Gasteiger partial charge in [-0.15, -0.1) is 0 Å². The molecule has 2 fully saturated rings. The first-order valence-corrected chi connectivity index (χ1v) is 11.6. The highest BCUT2D eigenvalue weighted by atomic mass is 16.5. The lowest BCUT2D eigenvalue weighted by atomic mass is 9.99. The predicted octanol–water partition coefficient (Wildman–Crippen LogP) is 2.52. The Balaban J connectivity index is 1.52. The van der Waals surface area contributed by atoms with E-state index in [4.69, 9.17) is 14.0 Å². The maximum Gasteiger partial charge on any atom is 0.276 e. The van der Waals surface area contributed by atoms with Gasteiger partial charge in [-0.2, -0.15) is 0 Å². The van der Waals surface area contributed by atoms with E-state index in [0.717, 1.165) is 32.5 Å². The number of piperazine rings is 1. The molecule has 2 aromatic rings. The van der Waals surface area contributed by atoms with Gasteiger partial charge < -0.3 is 28.7 Å². The Bertz CT molecular complexity index is 983. The highest BCUT2D eigenvalue weighted by Gasteiger charge is 2.37. The maximum atomic E-state index is 13.4. The Morgan fingerprint density at radius 3 is 2.55 bits per heavy atom. The van der Waals surface area contributed by atoms with Crippen molar-refractivity contribution in [3.05, 3.63) is 30.0 Å². The van der Waals surface area contributed by atoms with E-state index in [9.17, 15) is 9.59 Å². The molecule has 0 radical (unpaired) electrons. The van der Waals surface area contributed by atoms with Crippen molar-refractivity contribution < 1.29 is 23.6 Å². The number of carbonyl (C=O) groups is 2. The molecule has 4 rings (SSSR count). The number of piperidine rings is 1. The molecule has 1 unspecified atom stereocenters. The summed E-state index contributed by atoms with van der Waals surface area (Å²) in [5.41, 5.74) is 0.828. The van der Waals surface area contributed by atoms with E-state index >= 15 is 0 Å². The highest BCUT2D eigenvalue weighted by molar-refractivity contribution is 5.97. The van der Waals surface area contributed by atoms with Crippen molar-refractivity contribution in [2.45, 2.75) is 32.2 Å². The first kappa shape index (κ1) is 23.1. The SMILES string of the molecule is CCN1CCN(C(=O)C2CCCCN2C(=O)c2cc(-c3cc(OC)ccc3OC)on2)CC1. The van der Waals surface area contributed by atoms with Gasteiger partial charge in [-0.25, -0.2) is 0 Å². The summed E-state index contributed by atoms with van der Waals surface area (Å²) in [6, 6.07) is 6.49. The molecule has 2 aliphatic rings. The minimum atomic E-state index is -0.453. The lowest BCUT2D eigenvalue weighted by molar-refractivity contribution is -0.139. The van der Waals surface area contributed by atoms with Gasteiger partial charge >= 0.3 is 0 Å². The average Bonchev–Trinajstić information content (AvgIpc) is 3.37. The standard InChI is InChI=1S/C24H32N4O5/c1-4-26-11-13-27(14-12-26)24(30)20-7-5-6-10-28(20)23(29)19-16-22(33-25-19)18-15-17(31-2)8-9-21(18)32-3/h8-9,15-16,20H,4-7,10-14H2,1-3H3. The van der Waals surface area contributed by atoms with Crippen LogP contribution in [0.15, 0.2) is 28.8 Å². The topological polar surface area (TPSA) is 88.4 Å². The molecule has 0 spiro atoms. The number of amides is 2. The summed E-state index contributed by atoms with van der Waals surface area (Å²) < 4.78 is 16.2. The molecule has 1 atom stereocenters. The molecule has 0 aliphatic carbocycles. The summed E-state index contributed by atoms with van der Waals surface area (Å²) in [5.74, 6) is 1.39. The van der Waals surface area contributed by atoms with E-state index in [0.29, 0.717) is 48.9 Å². The van der Waals surface area contributed by atoms with E-state index < -0.39 is 6.04 Å². The maximum absolute atomic E-state index is 13.4. The molecule has 1 aromatic heterocycles. The second-order valence-corrected chi connectivity index (χ2v) is 8.41. The van der Waals surface area contributed by atoms with E-state index in [1.165, 1.54) is 0 Å². The average molecular weight is 457 g/mol. The van der Waals surface area contributed by atoms with Crippen LogP contribution in [-0.2, 0) is 4.79 Å². The van der Waals surface area contributed by atoms with Crippen LogP contribution in [0.1, 0.15) is 36.7 Å². The molecular weight excluding hydrogens is 424 g/mol. The summed E-state index contributed by atoms with van der Waals surface area (Å²) in [6.45, 7) is 6.81. The summed E-state index contributed by atoms with van der Waals surface area (Å²) >= 11 is 0. The Kier molecular flexibility index (Phi) is 7.17. The Morgan fingerprint density at radius 1 is 1.06 bits per heavy atom. The molecule has 3 heterocycles. The van der Waals surface area contributed by atoms with Crippen LogP contribution in [0.25, 0.3) is 11.3 Å². The van der Waals surface area contributed by atoms with Gasteiger partial charge in [0.15, 0.2) is 11.5 Å². The fraction of sp³-hybridized carbons (Fsp3) is 0.542. The Labute approximate surface area is 194 Å². The molecule has 178 valence electrons. The molecular formula is C24H32N4O5. The molecule has 1 aromatic carbocycles. The molecule has 33 heavy (non-hydrogen) atoms. The minimum absolute atomic E-state index is 0.0389. The molecule has 0 bridgehead atoms. The lowest BCUT2D eigenvalue weighted by Gasteiger charge is -2.40. The first-order chi connectivity index (χ1) is 16.0. The van der Waals surface area contributed by atoms with Crippen LogP contribution >= 0.6 is 0 Å². The quantitative estimate of drug-likeness (QED) is 0.660. The van der Waals surface area contributed by atoms with Gasteiger partial charge in [-0.05, 0) is 44.0 Å². The van der Waals surface area contributed by atoms with Gasteiger partial charge in [0.2, 0.25) is 5.91 Å². The number of likely N-dealkylation sites (N-methyl/N-ethyl adjacent to an activating group) is 1. The Morgan fingerprint density at radius 2 is 1.85 bits per heavy atom. The second-order valence-electron chi connectivity index (χ2n) is 8.41.